The summed E-state index contributed by atoms with van der Waals surface area (Å²) in [6, 6.07) is 5.05. The highest BCUT2D eigenvalue weighted by Gasteiger charge is 2.33. The molecule has 0 aliphatic heterocycles. The van der Waals surface area contributed by atoms with Gasteiger partial charge in [-0.05, 0) is 32.9 Å². The molecule has 0 saturated carbocycles. The quantitative estimate of drug-likeness (QED) is 0.264. The Labute approximate surface area is 180 Å². The third-order valence-electron chi connectivity index (χ3n) is 3.30. The Kier molecular flexibility index (Phi) is 10.6. The van der Waals surface area contributed by atoms with Crippen molar-refractivity contribution < 1.29 is 22.7 Å². The fourth-order valence-corrected chi connectivity index (χ4v) is 2.28. The maximum absolute atomic E-state index is 12.9. The largest absolute Gasteiger partial charge is 0.491 e. The standard InChI is InChI=1S/C18H27F3N4O2.HI/c1-17(2,3)24-15(26)12-25(5)16(22-4)23-10-11-27-14-9-7-6-8-13(14)18(19,20)21;/h6-9H,10-12H2,1-5H3,(H,22,23)(H,24,26);1H. The van der Waals surface area contributed by atoms with Crippen LogP contribution in [0.25, 0.3) is 0 Å². The molecule has 10 heteroatoms. The van der Waals surface area contributed by atoms with Crippen LogP contribution in [0.1, 0.15) is 26.3 Å². The Morgan fingerprint density at radius 1 is 1.21 bits per heavy atom. The summed E-state index contributed by atoms with van der Waals surface area (Å²) in [7, 11) is 3.25. The van der Waals surface area contributed by atoms with Gasteiger partial charge < -0.3 is 20.3 Å². The second kappa shape index (κ2) is 11.3. The molecular weight excluding hydrogens is 488 g/mol. The molecular formula is C18H28F3IN4O2. The predicted molar refractivity (Wildman–Crippen MR) is 114 cm³/mol. The molecule has 28 heavy (non-hydrogen) atoms. The van der Waals surface area contributed by atoms with Crippen molar-refractivity contribution in [2.45, 2.75) is 32.5 Å². The van der Waals surface area contributed by atoms with Gasteiger partial charge in [-0.1, -0.05) is 12.1 Å². The first-order chi connectivity index (χ1) is 12.4. The van der Waals surface area contributed by atoms with E-state index < -0.39 is 11.7 Å². The smallest absolute Gasteiger partial charge is 0.419 e. The molecule has 1 aromatic rings. The fourth-order valence-electron chi connectivity index (χ4n) is 2.28. The molecule has 0 fully saturated rings. The number of amides is 1. The van der Waals surface area contributed by atoms with Crippen LogP contribution < -0.4 is 15.4 Å². The SMILES string of the molecule is CN=C(NCCOc1ccccc1C(F)(F)F)N(C)CC(=O)NC(C)(C)C.I. The molecule has 0 atom stereocenters. The molecule has 160 valence electrons. The van der Waals surface area contributed by atoms with Crippen molar-refractivity contribution in [3.05, 3.63) is 29.8 Å². The molecule has 0 saturated heterocycles. The van der Waals surface area contributed by atoms with Crippen LogP contribution in [0.15, 0.2) is 29.3 Å². The lowest BCUT2D eigenvalue weighted by molar-refractivity contribution is -0.139. The van der Waals surface area contributed by atoms with Crippen molar-refractivity contribution >= 4 is 35.8 Å². The first-order valence-corrected chi connectivity index (χ1v) is 8.46. The zero-order valence-corrected chi connectivity index (χ0v) is 19.0. The Morgan fingerprint density at radius 3 is 2.36 bits per heavy atom. The minimum absolute atomic E-state index is 0. The maximum Gasteiger partial charge on any atom is 0.419 e. The van der Waals surface area contributed by atoms with E-state index in [0.717, 1.165) is 6.07 Å². The Balaban J connectivity index is 0.00000729. The number of benzene rings is 1. The molecule has 1 rings (SSSR count). The van der Waals surface area contributed by atoms with E-state index in [-0.39, 0.29) is 60.9 Å². The molecule has 0 aliphatic rings. The molecule has 0 aliphatic carbocycles. The first-order valence-electron chi connectivity index (χ1n) is 8.46. The fraction of sp³-hybridized carbons (Fsp3) is 0.556. The van der Waals surface area contributed by atoms with E-state index in [4.69, 9.17) is 4.74 Å². The van der Waals surface area contributed by atoms with Crippen LogP contribution >= 0.6 is 24.0 Å². The van der Waals surface area contributed by atoms with Crippen molar-refractivity contribution in [2.24, 2.45) is 4.99 Å². The van der Waals surface area contributed by atoms with E-state index in [9.17, 15) is 18.0 Å². The number of likely N-dealkylation sites (N-methyl/N-ethyl adjacent to an activating group) is 1. The molecule has 1 aromatic carbocycles. The maximum atomic E-state index is 12.9. The number of halogens is 4. The third kappa shape index (κ3) is 9.47. The molecule has 0 aromatic heterocycles. The van der Waals surface area contributed by atoms with Gasteiger partial charge in [-0.3, -0.25) is 9.79 Å². The number of nitrogens with one attached hydrogen (secondary N) is 2. The Hall–Kier alpha value is -1.72. The number of rotatable bonds is 6. The van der Waals surface area contributed by atoms with Crippen molar-refractivity contribution in [2.75, 3.05) is 33.8 Å². The number of hydrogen-bond donors (Lipinski definition) is 2. The number of ether oxygens (including phenoxy) is 1. The number of aliphatic imine (C=N–C) groups is 1. The van der Waals surface area contributed by atoms with Crippen molar-refractivity contribution in [1.82, 2.24) is 15.5 Å². The minimum Gasteiger partial charge on any atom is -0.491 e. The molecule has 0 radical (unpaired) electrons. The van der Waals surface area contributed by atoms with Crippen LogP contribution in [0.4, 0.5) is 13.2 Å². The van der Waals surface area contributed by atoms with Gasteiger partial charge in [0.25, 0.3) is 0 Å². The summed E-state index contributed by atoms with van der Waals surface area (Å²) >= 11 is 0. The highest BCUT2D eigenvalue weighted by atomic mass is 127. The number of nitrogens with zero attached hydrogens (tertiary/aromatic N) is 2. The highest BCUT2D eigenvalue weighted by molar-refractivity contribution is 14.0. The molecule has 0 unspecified atom stereocenters. The summed E-state index contributed by atoms with van der Waals surface area (Å²) in [6.07, 6.45) is -4.47. The summed E-state index contributed by atoms with van der Waals surface area (Å²) in [6.45, 7) is 5.98. The zero-order chi connectivity index (χ0) is 20.7. The average molecular weight is 516 g/mol. The van der Waals surface area contributed by atoms with Crippen LogP contribution in [0.2, 0.25) is 0 Å². The normalized spacial score (nSPS) is 12.1. The van der Waals surface area contributed by atoms with Crippen LogP contribution in [0.3, 0.4) is 0 Å². The predicted octanol–water partition coefficient (Wildman–Crippen LogP) is 3.12. The van der Waals surface area contributed by atoms with E-state index >= 15 is 0 Å². The van der Waals surface area contributed by atoms with Gasteiger partial charge in [0.2, 0.25) is 5.91 Å². The molecule has 0 spiro atoms. The Bertz CT molecular complexity index is 661. The van der Waals surface area contributed by atoms with Crippen molar-refractivity contribution in [3.63, 3.8) is 0 Å². The van der Waals surface area contributed by atoms with Gasteiger partial charge in [-0.2, -0.15) is 13.2 Å². The zero-order valence-electron chi connectivity index (χ0n) is 16.7. The molecule has 0 bridgehead atoms. The van der Waals surface area contributed by atoms with Crippen molar-refractivity contribution in [3.8, 4) is 5.75 Å². The van der Waals surface area contributed by atoms with E-state index in [2.05, 4.69) is 15.6 Å². The second-order valence-corrected chi connectivity index (χ2v) is 6.97. The lowest BCUT2D eigenvalue weighted by Gasteiger charge is -2.25. The van der Waals surface area contributed by atoms with Gasteiger partial charge in [0.1, 0.15) is 12.4 Å². The summed E-state index contributed by atoms with van der Waals surface area (Å²) < 4.78 is 44.0. The number of carbonyl (C=O) groups is 1. The van der Waals surface area contributed by atoms with Crippen LogP contribution in [-0.2, 0) is 11.0 Å². The first kappa shape index (κ1) is 26.3. The number of para-hydroxylation sites is 1. The van der Waals surface area contributed by atoms with Crippen LogP contribution in [-0.4, -0.2) is 56.1 Å². The summed E-state index contributed by atoms with van der Waals surface area (Å²) in [5.74, 6) is 0.0507. The monoisotopic (exact) mass is 516 g/mol. The topological polar surface area (TPSA) is 66.0 Å². The number of guanidine groups is 1. The van der Waals surface area contributed by atoms with E-state index in [0.29, 0.717) is 5.96 Å². The van der Waals surface area contributed by atoms with Gasteiger partial charge in [-0.25, -0.2) is 0 Å². The summed E-state index contributed by atoms with van der Waals surface area (Å²) in [4.78, 5) is 17.6. The van der Waals surface area contributed by atoms with E-state index in [1.807, 2.05) is 20.8 Å². The van der Waals surface area contributed by atoms with Crippen LogP contribution in [0.5, 0.6) is 5.75 Å². The van der Waals surface area contributed by atoms with Gasteiger partial charge in [0.05, 0.1) is 18.7 Å². The number of carbonyl (C=O) groups excluding carboxylic acids is 1. The lowest BCUT2D eigenvalue weighted by atomic mass is 10.1. The number of alkyl halides is 3. The van der Waals surface area contributed by atoms with Crippen molar-refractivity contribution in [1.29, 1.82) is 0 Å². The Morgan fingerprint density at radius 2 is 1.82 bits per heavy atom. The summed E-state index contributed by atoms with van der Waals surface area (Å²) in [5.41, 5.74) is -1.15. The van der Waals surface area contributed by atoms with E-state index in [1.165, 1.54) is 18.2 Å². The van der Waals surface area contributed by atoms with Gasteiger partial charge in [0.15, 0.2) is 5.96 Å². The molecule has 1 amide bonds. The third-order valence-corrected chi connectivity index (χ3v) is 3.30. The molecule has 0 heterocycles. The van der Waals surface area contributed by atoms with Gasteiger partial charge in [-0.15, -0.1) is 24.0 Å². The number of hydrogen-bond acceptors (Lipinski definition) is 3. The molecule has 6 nitrogen and oxygen atoms in total. The highest BCUT2D eigenvalue weighted by Crippen LogP contribution is 2.35. The van der Waals surface area contributed by atoms with Crippen LogP contribution in [0, 0.1) is 0 Å². The minimum atomic E-state index is -4.47. The molecule has 2 N–H and O–H groups in total. The van der Waals surface area contributed by atoms with Gasteiger partial charge in [0, 0.05) is 19.6 Å². The lowest BCUT2D eigenvalue weighted by Crippen LogP contribution is -2.49. The van der Waals surface area contributed by atoms with E-state index in [1.54, 1.807) is 19.0 Å². The second-order valence-electron chi connectivity index (χ2n) is 6.97. The average Bonchev–Trinajstić information content (AvgIpc) is 2.52. The summed E-state index contributed by atoms with van der Waals surface area (Å²) in [5, 5.41) is 5.80. The van der Waals surface area contributed by atoms with Gasteiger partial charge >= 0.3 is 6.18 Å².